The first-order chi connectivity index (χ1) is 14.6. The Balaban J connectivity index is 2.03. The lowest BCUT2D eigenvalue weighted by Gasteiger charge is -2.13. The van der Waals surface area contributed by atoms with E-state index in [0.29, 0.717) is 12.4 Å². The average molecular weight is 410 g/mol. The minimum absolute atomic E-state index is 0.138. The molecule has 0 saturated heterocycles. The second-order valence-electron chi connectivity index (χ2n) is 7.30. The Kier molecular flexibility index (Phi) is 9.99. The fourth-order valence-electron chi connectivity index (χ4n) is 3.36. The van der Waals surface area contributed by atoms with E-state index in [1.165, 1.54) is 19.3 Å². The number of para-hydroxylation sites is 1. The van der Waals surface area contributed by atoms with Crippen LogP contribution in [0.15, 0.2) is 42.5 Å². The van der Waals surface area contributed by atoms with Crippen LogP contribution in [0.1, 0.15) is 63.1 Å². The van der Waals surface area contributed by atoms with E-state index < -0.39 is 0 Å². The Bertz CT molecular complexity index is 820. The highest BCUT2D eigenvalue weighted by Crippen LogP contribution is 2.29. The molecule has 0 aliphatic carbocycles. The maximum Gasteiger partial charge on any atom is 0.248 e. The van der Waals surface area contributed by atoms with Gasteiger partial charge in [-0.2, -0.15) is 0 Å². The number of carbonyl (C=O) groups excluding carboxylic acids is 1. The SMILES string of the molecule is CCCCCCOc1ccc(/C=C/C(=O)Nc2c(CC)cccc2CC)cc1OC. The van der Waals surface area contributed by atoms with E-state index in [-0.39, 0.29) is 5.91 Å². The largest absolute Gasteiger partial charge is 0.493 e. The first-order valence-corrected chi connectivity index (χ1v) is 11.0. The highest BCUT2D eigenvalue weighted by molar-refractivity contribution is 6.02. The first-order valence-electron chi connectivity index (χ1n) is 11.0. The van der Waals surface area contributed by atoms with Crippen LogP contribution >= 0.6 is 0 Å². The fraction of sp³-hybridized carbons (Fsp3) is 0.423. The van der Waals surface area contributed by atoms with Crippen LogP contribution in [0.4, 0.5) is 5.69 Å². The van der Waals surface area contributed by atoms with Crippen molar-refractivity contribution < 1.29 is 14.3 Å². The molecule has 0 heterocycles. The molecular weight excluding hydrogens is 374 g/mol. The van der Waals surface area contributed by atoms with Crippen LogP contribution in [-0.4, -0.2) is 19.6 Å². The molecule has 0 aliphatic heterocycles. The van der Waals surface area contributed by atoms with Crippen LogP contribution in [0.3, 0.4) is 0 Å². The molecule has 0 unspecified atom stereocenters. The maximum atomic E-state index is 12.5. The molecule has 2 aromatic rings. The summed E-state index contributed by atoms with van der Waals surface area (Å²) >= 11 is 0. The molecule has 0 spiro atoms. The molecule has 0 fully saturated rings. The molecule has 2 rings (SSSR count). The highest BCUT2D eigenvalue weighted by Gasteiger charge is 2.09. The predicted octanol–water partition coefficient (Wildman–Crippen LogP) is 6.43. The summed E-state index contributed by atoms with van der Waals surface area (Å²) in [7, 11) is 1.63. The van der Waals surface area contributed by atoms with Gasteiger partial charge in [-0.3, -0.25) is 4.79 Å². The van der Waals surface area contributed by atoms with E-state index in [0.717, 1.165) is 47.4 Å². The number of rotatable bonds is 12. The van der Waals surface area contributed by atoms with Gasteiger partial charge < -0.3 is 14.8 Å². The normalized spacial score (nSPS) is 10.9. The topological polar surface area (TPSA) is 47.6 Å². The van der Waals surface area contributed by atoms with Crippen molar-refractivity contribution >= 4 is 17.7 Å². The lowest BCUT2D eigenvalue weighted by atomic mass is 10.0. The van der Waals surface area contributed by atoms with Gasteiger partial charge in [0, 0.05) is 11.8 Å². The minimum atomic E-state index is -0.138. The van der Waals surface area contributed by atoms with Crippen LogP contribution in [0.5, 0.6) is 11.5 Å². The molecular formula is C26H35NO3. The van der Waals surface area contributed by atoms with E-state index in [4.69, 9.17) is 9.47 Å². The summed E-state index contributed by atoms with van der Waals surface area (Å²) < 4.78 is 11.3. The third-order valence-electron chi connectivity index (χ3n) is 5.12. The summed E-state index contributed by atoms with van der Waals surface area (Å²) in [6.07, 6.45) is 9.77. The molecule has 0 aromatic heterocycles. The molecule has 0 saturated carbocycles. The van der Waals surface area contributed by atoms with E-state index in [9.17, 15) is 4.79 Å². The van der Waals surface area contributed by atoms with Gasteiger partial charge in [-0.05, 0) is 54.2 Å². The number of ether oxygens (including phenoxy) is 2. The lowest BCUT2D eigenvalue weighted by Crippen LogP contribution is -2.11. The Hall–Kier alpha value is -2.75. The molecule has 0 atom stereocenters. The third kappa shape index (κ3) is 6.94. The van der Waals surface area contributed by atoms with Crippen LogP contribution in [0, 0.1) is 0 Å². The number of benzene rings is 2. The standard InChI is InChI=1S/C26H35NO3/c1-5-8-9-10-18-30-23-16-14-20(19-24(23)29-4)15-17-25(28)27-26-21(6-2)12-11-13-22(26)7-3/h11-17,19H,5-10,18H2,1-4H3,(H,27,28)/b17-15+. The number of hydrogen-bond acceptors (Lipinski definition) is 3. The zero-order valence-corrected chi connectivity index (χ0v) is 18.8. The molecule has 0 bridgehead atoms. The van der Waals surface area contributed by atoms with Crippen molar-refractivity contribution in [1.29, 1.82) is 0 Å². The van der Waals surface area contributed by atoms with Crippen LogP contribution in [-0.2, 0) is 17.6 Å². The number of amides is 1. The van der Waals surface area contributed by atoms with E-state index in [1.807, 2.05) is 24.3 Å². The van der Waals surface area contributed by atoms with Crippen molar-refractivity contribution in [1.82, 2.24) is 0 Å². The average Bonchev–Trinajstić information content (AvgIpc) is 2.78. The van der Waals surface area contributed by atoms with Crippen molar-refractivity contribution in [2.45, 2.75) is 59.3 Å². The molecule has 2 aromatic carbocycles. The molecule has 162 valence electrons. The number of unbranched alkanes of at least 4 members (excludes halogenated alkanes) is 3. The summed E-state index contributed by atoms with van der Waals surface area (Å²) in [4.78, 5) is 12.5. The number of carbonyl (C=O) groups is 1. The summed E-state index contributed by atoms with van der Waals surface area (Å²) in [5.41, 5.74) is 4.12. The summed E-state index contributed by atoms with van der Waals surface area (Å²) in [6.45, 7) is 7.08. The van der Waals surface area contributed by atoms with Crippen molar-refractivity contribution in [2.75, 3.05) is 19.0 Å². The van der Waals surface area contributed by atoms with Crippen LogP contribution < -0.4 is 14.8 Å². The molecule has 1 N–H and O–H groups in total. The summed E-state index contributed by atoms with van der Waals surface area (Å²) in [6, 6.07) is 11.9. The van der Waals surface area contributed by atoms with Gasteiger partial charge in [-0.1, -0.05) is 64.3 Å². The van der Waals surface area contributed by atoms with E-state index in [1.54, 1.807) is 19.3 Å². The van der Waals surface area contributed by atoms with Gasteiger partial charge in [-0.25, -0.2) is 0 Å². The summed E-state index contributed by atoms with van der Waals surface area (Å²) in [5.74, 6) is 1.28. The highest BCUT2D eigenvalue weighted by atomic mass is 16.5. The molecule has 0 aliphatic rings. The second-order valence-corrected chi connectivity index (χ2v) is 7.30. The smallest absolute Gasteiger partial charge is 0.248 e. The molecule has 4 nitrogen and oxygen atoms in total. The number of aryl methyl sites for hydroxylation is 2. The zero-order chi connectivity index (χ0) is 21.8. The van der Waals surface area contributed by atoms with E-state index in [2.05, 4.69) is 38.2 Å². The quantitative estimate of drug-likeness (QED) is 0.324. The number of anilines is 1. The Morgan fingerprint density at radius 1 is 0.967 bits per heavy atom. The minimum Gasteiger partial charge on any atom is -0.493 e. The summed E-state index contributed by atoms with van der Waals surface area (Å²) in [5, 5.41) is 3.05. The molecule has 30 heavy (non-hydrogen) atoms. The van der Waals surface area contributed by atoms with Crippen molar-refractivity contribution in [3.8, 4) is 11.5 Å². The fourth-order valence-corrected chi connectivity index (χ4v) is 3.36. The van der Waals surface area contributed by atoms with Gasteiger partial charge in [-0.15, -0.1) is 0 Å². The number of hydrogen-bond donors (Lipinski definition) is 1. The molecule has 0 radical (unpaired) electrons. The van der Waals surface area contributed by atoms with Crippen molar-refractivity contribution in [3.05, 3.63) is 59.2 Å². The van der Waals surface area contributed by atoms with Crippen molar-refractivity contribution in [2.24, 2.45) is 0 Å². The van der Waals surface area contributed by atoms with Gasteiger partial charge in [0.15, 0.2) is 11.5 Å². The second kappa shape index (κ2) is 12.7. The molecule has 4 heteroatoms. The van der Waals surface area contributed by atoms with Gasteiger partial charge in [0.1, 0.15) is 0 Å². The number of nitrogens with one attached hydrogen (secondary N) is 1. The zero-order valence-electron chi connectivity index (χ0n) is 18.8. The van der Waals surface area contributed by atoms with Gasteiger partial charge in [0.25, 0.3) is 0 Å². The Labute approximate surface area is 181 Å². The number of methoxy groups -OCH3 is 1. The van der Waals surface area contributed by atoms with Crippen molar-refractivity contribution in [3.63, 3.8) is 0 Å². The monoisotopic (exact) mass is 409 g/mol. The lowest BCUT2D eigenvalue weighted by molar-refractivity contribution is -0.111. The Morgan fingerprint density at radius 2 is 1.70 bits per heavy atom. The first kappa shape index (κ1) is 23.5. The van der Waals surface area contributed by atoms with Crippen LogP contribution in [0.2, 0.25) is 0 Å². The van der Waals surface area contributed by atoms with E-state index >= 15 is 0 Å². The molecule has 1 amide bonds. The maximum absolute atomic E-state index is 12.5. The van der Waals surface area contributed by atoms with Gasteiger partial charge >= 0.3 is 0 Å². The van der Waals surface area contributed by atoms with Gasteiger partial charge in [0.2, 0.25) is 5.91 Å². The predicted molar refractivity (Wildman–Crippen MR) is 125 cm³/mol. The van der Waals surface area contributed by atoms with Gasteiger partial charge in [0.05, 0.1) is 13.7 Å². The third-order valence-corrected chi connectivity index (χ3v) is 5.12. The van der Waals surface area contributed by atoms with Crippen LogP contribution in [0.25, 0.3) is 6.08 Å². The Morgan fingerprint density at radius 3 is 2.33 bits per heavy atom.